The minimum Gasteiger partial charge on any atom is -0.496 e. The smallest absolute Gasteiger partial charge is 0.226 e. The maximum Gasteiger partial charge on any atom is 0.226 e. The van der Waals surface area contributed by atoms with Crippen LogP contribution in [0.15, 0.2) is 70.3 Å². The summed E-state index contributed by atoms with van der Waals surface area (Å²) in [6.07, 6.45) is 1.66. The van der Waals surface area contributed by atoms with Crippen molar-refractivity contribution in [3.8, 4) is 17.2 Å². The lowest BCUT2D eigenvalue weighted by Crippen LogP contribution is -2.36. The molecule has 2 N–H and O–H groups in total. The SMILES string of the molecule is CN=C(NCc1coc(-c2ccccc2)n1)NCc1ccccc1OC.I. The van der Waals surface area contributed by atoms with Gasteiger partial charge in [-0.05, 0) is 18.2 Å². The van der Waals surface area contributed by atoms with Crippen LogP contribution in [0.4, 0.5) is 0 Å². The number of nitrogens with zero attached hydrogens (tertiary/aromatic N) is 2. The van der Waals surface area contributed by atoms with Gasteiger partial charge >= 0.3 is 0 Å². The van der Waals surface area contributed by atoms with Gasteiger partial charge in [-0.25, -0.2) is 4.98 Å². The predicted octanol–water partition coefficient (Wildman–Crippen LogP) is 3.83. The quantitative estimate of drug-likeness (QED) is 0.320. The van der Waals surface area contributed by atoms with Gasteiger partial charge < -0.3 is 19.8 Å². The van der Waals surface area contributed by atoms with Gasteiger partial charge in [-0.3, -0.25) is 4.99 Å². The highest BCUT2D eigenvalue weighted by atomic mass is 127. The third-order valence-electron chi connectivity index (χ3n) is 3.87. The molecule has 0 fully saturated rings. The molecule has 1 aromatic heterocycles. The van der Waals surface area contributed by atoms with Crippen LogP contribution < -0.4 is 15.4 Å². The topological polar surface area (TPSA) is 71.7 Å². The summed E-state index contributed by atoms with van der Waals surface area (Å²) in [5.74, 6) is 2.14. The molecular formula is C20H23IN4O2. The molecule has 142 valence electrons. The van der Waals surface area contributed by atoms with E-state index < -0.39 is 0 Å². The molecule has 7 heteroatoms. The van der Waals surface area contributed by atoms with Crippen molar-refractivity contribution in [1.29, 1.82) is 0 Å². The summed E-state index contributed by atoms with van der Waals surface area (Å²) in [7, 11) is 3.40. The van der Waals surface area contributed by atoms with Gasteiger partial charge in [0.2, 0.25) is 5.89 Å². The molecule has 3 rings (SSSR count). The van der Waals surface area contributed by atoms with E-state index in [1.54, 1.807) is 20.4 Å². The normalized spacial score (nSPS) is 10.8. The predicted molar refractivity (Wildman–Crippen MR) is 117 cm³/mol. The maximum atomic E-state index is 5.55. The number of nitrogens with one attached hydrogen (secondary N) is 2. The van der Waals surface area contributed by atoms with Crippen LogP contribution in [0.3, 0.4) is 0 Å². The van der Waals surface area contributed by atoms with E-state index in [0.29, 0.717) is 24.9 Å². The highest BCUT2D eigenvalue weighted by Gasteiger charge is 2.07. The fourth-order valence-corrected chi connectivity index (χ4v) is 2.52. The standard InChI is InChI=1S/C20H22N4O2.HI/c1-21-20(22-12-16-10-6-7-11-18(16)25-2)23-13-17-14-26-19(24-17)15-8-4-3-5-9-15;/h3-11,14H,12-13H2,1-2H3,(H2,21,22,23);1H. The first kappa shape index (κ1) is 20.8. The zero-order valence-corrected chi connectivity index (χ0v) is 17.6. The number of methoxy groups -OCH3 is 1. The van der Waals surface area contributed by atoms with Crippen molar-refractivity contribution in [2.75, 3.05) is 14.2 Å². The zero-order valence-electron chi connectivity index (χ0n) is 15.3. The first-order valence-electron chi connectivity index (χ1n) is 8.36. The Morgan fingerprint density at radius 1 is 1.04 bits per heavy atom. The van der Waals surface area contributed by atoms with Crippen LogP contribution in [-0.2, 0) is 13.1 Å². The number of oxazole rings is 1. The van der Waals surface area contributed by atoms with Crippen molar-refractivity contribution in [2.24, 2.45) is 4.99 Å². The van der Waals surface area contributed by atoms with Crippen molar-refractivity contribution < 1.29 is 9.15 Å². The summed E-state index contributed by atoms with van der Waals surface area (Å²) in [5, 5.41) is 6.50. The van der Waals surface area contributed by atoms with Gasteiger partial charge in [-0.15, -0.1) is 24.0 Å². The van der Waals surface area contributed by atoms with Gasteiger partial charge in [0.15, 0.2) is 5.96 Å². The fraction of sp³-hybridized carbons (Fsp3) is 0.200. The van der Waals surface area contributed by atoms with Crippen LogP contribution in [0, 0.1) is 0 Å². The lowest BCUT2D eigenvalue weighted by atomic mass is 10.2. The molecule has 0 saturated carbocycles. The molecule has 0 aliphatic heterocycles. The van der Waals surface area contributed by atoms with Gasteiger partial charge in [0, 0.05) is 24.7 Å². The summed E-state index contributed by atoms with van der Waals surface area (Å²) < 4.78 is 10.9. The van der Waals surface area contributed by atoms with Crippen molar-refractivity contribution in [3.63, 3.8) is 0 Å². The molecule has 0 amide bonds. The number of rotatable bonds is 6. The average molecular weight is 478 g/mol. The number of ether oxygens (including phenoxy) is 1. The number of halogens is 1. The van der Waals surface area contributed by atoms with E-state index in [0.717, 1.165) is 22.6 Å². The van der Waals surface area contributed by atoms with Crippen LogP contribution in [-0.4, -0.2) is 25.1 Å². The number of aromatic nitrogens is 1. The minimum absolute atomic E-state index is 0. The lowest BCUT2D eigenvalue weighted by molar-refractivity contribution is 0.409. The molecule has 2 aromatic carbocycles. The second-order valence-corrected chi connectivity index (χ2v) is 5.60. The Morgan fingerprint density at radius 2 is 1.74 bits per heavy atom. The zero-order chi connectivity index (χ0) is 18.2. The Hall–Kier alpha value is -2.55. The molecule has 3 aromatic rings. The number of guanidine groups is 1. The van der Waals surface area contributed by atoms with Crippen LogP contribution in [0.1, 0.15) is 11.3 Å². The number of hydrogen-bond acceptors (Lipinski definition) is 4. The van der Waals surface area contributed by atoms with Gasteiger partial charge in [0.05, 0.1) is 19.3 Å². The Kier molecular flexibility index (Phi) is 8.12. The van der Waals surface area contributed by atoms with Crippen LogP contribution in [0.2, 0.25) is 0 Å². The van der Waals surface area contributed by atoms with Crippen LogP contribution >= 0.6 is 24.0 Å². The van der Waals surface area contributed by atoms with Gasteiger partial charge in [0.25, 0.3) is 0 Å². The van der Waals surface area contributed by atoms with E-state index >= 15 is 0 Å². The van der Waals surface area contributed by atoms with Crippen LogP contribution in [0.25, 0.3) is 11.5 Å². The van der Waals surface area contributed by atoms with Crippen molar-refractivity contribution in [3.05, 3.63) is 72.1 Å². The largest absolute Gasteiger partial charge is 0.496 e. The molecule has 27 heavy (non-hydrogen) atoms. The molecule has 1 heterocycles. The van der Waals surface area contributed by atoms with Crippen molar-refractivity contribution in [2.45, 2.75) is 13.1 Å². The minimum atomic E-state index is 0. The number of hydrogen-bond donors (Lipinski definition) is 2. The molecule has 0 unspecified atom stereocenters. The molecule has 0 aliphatic carbocycles. The summed E-state index contributed by atoms with van der Waals surface area (Å²) in [5.41, 5.74) is 2.83. The maximum absolute atomic E-state index is 5.55. The number of para-hydroxylation sites is 1. The van der Waals surface area contributed by atoms with E-state index in [2.05, 4.69) is 20.6 Å². The van der Waals surface area contributed by atoms with Crippen molar-refractivity contribution in [1.82, 2.24) is 15.6 Å². The summed E-state index contributed by atoms with van der Waals surface area (Å²) in [6.45, 7) is 1.12. The monoisotopic (exact) mass is 478 g/mol. The molecule has 0 atom stereocenters. The molecule has 0 aliphatic rings. The highest BCUT2D eigenvalue weighted by Crippen LogP contribution is 2.18. The van der Waals surface area contributed by atoms with E-state index in [1.807, 2.05) is 54.6 Å². The summed E-state index contributed by atoms with van der Waals surface area (Å²) in [4.78, 5) is 8.73. The van der Waals surface area contributed by atoms with E-state index in [9.17, 15) is 0 Å². The molecular weight excluding hydrogens is 455 g/mol. The third kappa shape index (κ3) is 5.72. The lowest BCUT2D eigenvalue weighted by Gasteiger charge is -2.13. The third-order valence-corrected chi connectivity index (χ3v) is 3.87. The summed E-state index contributed by atoms with van der Waals surface area (Å²) in [6, 6.07) is 17.7. The van der Waals surface area contributed by atoms with E-state index in [1.165, 1.54) is 0 Å². The van der Waals surface area contributed by atoms with Crippen molar-refractivity contribution >= 4 is 29.9 Å². The van der Waals surface area contributed by atoms with E-state index in [4.69, 9.17) is 9.15 Å². The van der Waals surface area contributed by atoms with Gasteiger partial charge in [-0.1, -0.05) is 36.4 Å². The first-order valence-corrected chi connectivity index (χ1v) is 8.36. The number of aliphatic imine (C=N–C) groups is 1. The van der Waals surface area contributed by atoms with Gasteiger partial charge in [-0.2, -0.15) is 0 Å². The van der Waals surface area contributed by atoms with E-state index in [-0.39, 0.29) is 24.0 Å². The first-order chi connectivity index (χ1) is 12.8. The second kappa shape index (κ2) is 10.6. The van der Waals surface area contributed by atoms with Gasteiger partial charge in [0.1, 0.15) is 12.0 Å². The molecule has 0 bridgehead atoms. The Morgan fingerprint density at radius 3 is 2.48 bits per heavy atom. The highest BCUT2D eigenvalue weighted by molar-refractivity contribution is 14.0. The molecule has 6 nitrogen and oxygen atoms in total. The molecule has 0 radical (unpaired) electrons. The molecule has 0 spiro atoms. The van der Waals surface area contributed by atoms with Crippen LogP contribution in [0.5, 0.6) is 5.75 Å². The number of benzene rings is 2. The molecule has 0 saturated heterocycles. The average Bonchev–Trinajstić information content (AvgIpc) is 3.18. The second-order valence-electron chi connectivity index (χ2n) is 5.60. The Balaban J connectivity index is 0.00000261. The Labute approximate surface area is 176 Å². The Bertz CT molecular complexity index is 865. The summed E-state index contributed by atoms with van der Waals surface area (Å²) >= 11 is 0. The fourth-order valence-electron chi connectivity index (χ4n) is 2.52.